The summed E-state index contributed by atoms with van der Waals surface area (Å²) in [4.78, 5) is 20.5. The second-order valence-corrected chi connectivity index (χ2v) is 9.98. The second-order valence-electron chi connectivity index (χ2n) is 9.57. The SMILES string of the molecule is CNc1ccc(-c2ccnc3c2cc(CN2CC=C(c4c(F)cc(C(=O)N(C)C)cc4Cl)CC2)n3C)nn1. The van der Waals surface area contributed by atoms with E-state index < -0.39 is 5.82 Å². The smallest absolute Gasteiger partial charge is 0.253 e. The number of hydrogen-bond donors (Lipinski definition) is 1. The minimum atomic E-state index is -0.472. The molecule has 0 saturated carbocycles. The standard InChI is InChI=1S/C28H29ClFN7O/c1-31-25-6-5-24(33-34-25)20-7-10-32-27-21(20)15-19(36(27)4)16-37-11-8-17(9-12-37)26-22(29)13-18(14-23(26)30)28(38)35(2)3/h5-8,10,13-15H,9,11-12,16H2,1-4H3,(H,31,34). The predicted octanol–water partition coefficient (Wildman–Crippen LogP) is 4.86. The molecule has 1 amide bonds. The molecule has 3 aromatic heterocycles. The lowest BCUT2D eigenvalue weighted by Gasteiger charge is -2.27. The van der Waals surface area contributed by atoms with Gasteiger partial charge in [0.05, 0.1) is 10.7 Å². The van der Waals surface area contributed by atoms with Gasteiger partial charge in [-0.3, -0.25) is 9.69 Å². The molecule has 8 nitrogen and oxygen atoms in total. The lowest BCUT2D eigenvalue weighted by atomic mass is 9.97. The van der Waals surface area contributed by atoms with E-state index in [9.17, 15) is 4.79 Å². The van der Waals surface area contributed by atoms with Crippen LogP contribution in [0, 0.1) is 5.82 Å². The zero-order chi connectivity index (χ0) is 27.0. The van der Waals surface area contributed by atoms with Gasteiger partial charge in [-0.05, 0) is 48.4 Å². The van der Waals surface area contributed by atoms with Crippen LogP contribution in [-0.4, -0.2) is 69.7 Å². The molecule has 5 rings (SSSR count). The van der Waals surface area contributed by atoms with Crippen molar-refractivity contribution in [3.63, 3.8) is 0 Å². The van der Waals surface area contributed by atoms with Gasteiger partial charge in [0.1, 0.15) is 17.3 Å². The number of rotatable bonds is 6. The first-order valence-corrected chi connectivity index (χ1v) is 12.7. The lowest BCUT2D eigenvalue weighted by Crippen LogP contribution is -2.29. The highest BCUT2D eigenvalue weighted by Crippen LogP contribution is 2.33. The largest absolute Gasteiger partial charge is 0.372 e. The van der Waals surface area contributed by atoms with Crippen molar-refractivity contribution in [2.45, 2.75) is 13.0 Å². The van der Waals surface area contributed by atoms with Crippen molar-refractivity contribution in [1.29, 1.82) is 0 Å². The first kappa shape index (κ1) is 25.8. The molecule has 1 aromatic carbocycles. The van der Waals surface area contributed by atoms with Gasteiger partial charge in [-0.15, -0.1) is 10.2 Å². The number of pyridine rings is 1. The number of aromatic nitrogens is 4. The van der Waals surface area contributed by atoms with Crippen molar-refractivity contribution in [2.75, 3.05) is 39.5 Å². The summed E-state index contributed by atoms with van der Waals surface area (Å²) >= 11 is 6.44. The minimum absolute atomic E-state index is 0.243. The Labute approximate surface area is 225 Å². The quantitative estimate of drug-likeness (QED) is 0.381. The van der Waals surface area contributed by atoms with Gasteiger partial charge in [-0.2, -0.15) is 0 Å². The van der Waals surface area contributed by atoms with Crippen molar-refractivity contribution in [3.8, 4) is 11.3 Å². The maximum absolute atomic E-state index is 15.0. The highest BCUT2D eigenvalue weighted by Gasteiger charge is 2.22. The van der Waals surface area contributed by atoms with Crippen LogP contribution in [0.15, 0.2) is 48.7 Å². The van der Waals surface area contributed by atoms with Crippen LogP contribution < -0.4 is 5.32 Å². The Bertz CT molecular complexity index is 1520. The summed E-state index contributed by atoms with van der Waals surface area (Å²) in [6.07, 6.45) is 4.46. The third-order valence-corrected chi connectivity index (χ3v) is 7.22. The van der Waals surface area contributed by atoms with Crippen LogP contribution in [0.2, 0.25) is 5.02 Å². The molecule has 4 heterocycles. The van der Waals surface area contributed by atoms with Crippen LogP contribution in [0.4, 0.5) is 10.2 Å². The fourth-order valence-corrected chi connectivity index (χ4v) is 5.16. The molecule has 38 heavy (non-hydrogen) atoms. The molecule has 0 aliphatic carbocycles. The topological polar surface area (TPSA) is 79.2 Å². The molecule has 0 fully saturated rings. The Balaban J connectivity index is 1.36. The Morgan fingerprint density at radius 3 is 2.63 bits per heavy atom. The summed E-state index contributed by atoms with van der Waals surface area (Å²) in [5.41, 5.74) is 5.25. The van der Waals surface area contributed by atoms with E-state index in [1.165, 1.54) is 11.0 Å². The summed E-state index contributed by atoms with van der Waals surface area (Å²) in [5, 5.41) is 12.8. The normalized spacial score (nSPS) is 14.0. The number of halogens is 2. The Morgan fingerprint density at radius 2 is 2.00 bits per heavy atom. The predicted molar refractivity (Wildman–Crippen MR) is 149 cm³/mol. The average molecular weight is 534 g/mol. The summed E-state index contributed by atoms with van der Waals surface area (Å²) in [6, 6.07) is 10.8. The molecular weight excluding hydrogens is 505 g/mol. The van der Waals surface area contributed by atoms with E-state index in [1.54, 1.807) is 26.4 Å². The van der Waals surface area contributed by atoms with Gasteiger partial charge < -0.3 is 14.8 Å². The number of anilines is 1. The van der Waals surface area contributed by atoms with Crippen LogP contribution in [0.1, 0.15) is 28.0 Å². The van der Waals surface area contributed by atoms with Crippen molar-refractivity contribution in [3.05, 3.63) is 76.3 Å². The van der Waals surface area contributed by atoms with Gasteiger partial charge in [0.15, 0.2) is 0 Å². The molecule has 10 heteroatoms. The number of amides is 1. The van der Waals surface area contributed by atoms with Crippen LogP contribution in [0.5, 0.6) is 0 Å². The van der Waals surface area contributed by atoms with Crippen LogP contribution in [0.3, 0.4) is 0 Å². The number of carbonyl (C=O) groups excluding carboxylic acids is 1. The maximum atomic E-state index is 15.0. The molecule has 0 spiro atoms. The Morgan fingerprint density at radius 1 is 1.18 bits per heavy atom. The van der Waals surface area contributed by atoms with E-state index in [0.29, 0.717) is 30.9 Å². The number of nitrogens with one attached hydrogen (secondary N) is 1. The molecule has 0 radical (unpaired) electrons. The van der Waals surface area contributed by atoms with Crippen molar-refractivity contribution >= 4 is 39.9 Å². The van der Waals surface area contributed by atoms with E-state index in [2.05, 4.69) is 36.0 Å². The number of benzene rings is 1. The molecule has 0 saturated heterocycles. The molecule has 196 valence electrons. The van der Waals surface area contributed by atoms with E-state index in [4.69, 9.17) is 11.6 Å². The summed E-state index contributed by atoms with van der Waals surface area (Å²) in [6.45, 7) is 2.12. The molecule has 1 aliphatic rings. The monoisotopic (exact) mass is 533 g/mol. The van der Waals surface area contributed by atoms with E-state index in [-0.39, 0.29) is 16.5 Å². The summed E-state index contributed by atoms with van der Waals surface area (Å²) in [5.74, 6) is -0.0409. The van der Waals surface area contributed by atoms with Crippen molar-refractivity contribution in [1.82, 2.24) is 29.5 Å². The molecule has 4 aromatic rings. The van der Waals surface area contributed by atoms with Gasteiger partial charge in [0.2, 0.25) is 0 Å². The number of hydrogen-bond acceptors (Lipinski definition) is 6. The third kappa shape index (κ3) is 4.87. The Hall–Kier alpha value is -3.82. The fourth-order valence-electron chi connectivity index (χ4n) is 4.83. The van der Waals surface area contributed by atoms with Crippen molar-refractivity contribution in [2.24, 2.45) is 7.05 Å². The second kappa shape index (κ2) is 10.5. The average Bonchev–Trinajstić information content (AvgIpc) is 3.23. The van der Waals surface area contributed by atoms with E-state index >= 15 is 4.39 Å². The number of fused-ring (bicyclic) bond motifs is 1. The molecular formula is C28H29ClFN7O. The van der Waals surface area contributed by atoms with Gasteiger partial charge in [0, 0.05) is 81.8 Å². The van der Waals surface area contributed by atoms with Gasteiger partial charge in [-0.1, -0.05) is 17.7 Å². The minimum Gasteiger partial charge on any atom is -0.372 e. The zero-order valence-electron chi connectivity index (χ0n) is 21.8. The number of carbonyl (C=O) groups is 1. The highest BCUT2D eigenvalue weighted by atomic mass is 35.5. The fraction of sp³-hybridized carbons (Fsp3) is 0.286. The van der Waals surface area contributed by atoms with E-state index in [0.717, 1.165) is 40.1 Å². The van der Waals surface area contributed by atoms with Gasteiger partial charge >= 0.3 is 0 Å². The van der Waals surface area contributed by atoms with Crippen LogP contribution in [-0.2, 0) is 13.6 Å². The summed E-state index contributed by atoms with van der Waals surface area (Å²) in [7, 11) is 7.08. The first-order chi connectivity index (χ1) is 18.3. The summed E-state index contributed by atoms with van der Waals surface area (Å²) < 4.78 is 17.1. The first-order valence-electron chi connectivity index (χ1n) is 12.3. The zero-order valence-corrected chi connectivity index (χ0v) is 22.6. The van der Waals surface area contributed by atoms with Crippen LogP contribution >= 0.6 is 11.6 Å². The molecule has 0 unspecified atom stereocenters. The van der Waals surface area contributed by atoms with E-state index in [1.807, 2.05) is 38.4 Å². The third-order valence-electron chi connectivity index (χ3n) is 6.92. The Kier molecular flexibility index (Phi) is 7.14. The van der Waals surface area contributed by atoms with Crippen molar-refractivity contribution < 1.29 is 9.18 Å². The molecule has 1 N–H and O–H groups in total. The highest BCUT2D eigenvalue weighted by molar-refractivity contribution is 6.32. The number of aryl methyl sites for hydroxylation is 1. The number of nitrogens with zero attached hydrogens (tertiary/aromatic N) is 6. The van der Waals surface area contributed by atoms with Crippen LogP contribution in [0.25, 0.3) is 27.9 Å². The maximum Gasteiger partial charge on any atom is 0.253 e. The molecule has 0 bridgehead atoms. The van der Waals surface area contributed by atoms with Gasteiger partial charge in [-0.25, -0.2) is 9.37 Å². The lowest BCUT2D eigenvalue weighted by molar-refractivity contribution is 0.0827. The molecule has 1 aliphatic heterocycles. The van der Waals surface area contributed by atoms with Gasteiger partial charge in [0.25, 0.3) is 5.91 Å². The molecule has 0 atom stereocenters.